The van der Waals surface area contributed by atoms with E-state index < -0.39 is 16.4 Å². The monoisotopic (exact) mass is 300 g/mol. The topological polar surface area (TPSA) is 85.4 Å². The van der Waals surface area contributed by atoms with Crippen LogP contribution < -0.4 is 9.50 Å². The first-order valence-electron chi connectivity index (χ1n) is 5.99. The molecule has 0 saturated carbocycles. The summed E-state index contributed by atoms with van der Waals surface area (Å²) in [5.74, 6) is -0.747. The second-order valence-corrected chi connectivity index (χ2v) is 5.29. The van der Waals surface area contributed by atoms with E-state index in [0.717, 1.165) is 31.5 Å². The molecule has 2 rings (SSSR count). The third-order valence-electron chi connectivity index (χ3n) is 2.78. The molecule has 1 unspecified atom stereocenters. The number of aromatic nitrogens is 1. The van der Waals surface area contributed by atoms with Crippen molar-refractivity contribution in [2.45, 2.75) is 25.3 Å². The van der Waals surface area contributed by atoms with Gasteiger partial charge in [0, 0.05) is 12.2 Å². The van der Waals surface area contributed by atoms with Crippen LogP contribution in [0.15, 0.2) is 30.6 Å². The Bertz CT molecular complexity index is 630. The molecule has 1 N–H and O–H groups in total. The van der Waals surface area contributed by atoms with Gasteiger partial charge >= 0.3 is 10.5 Å². The molecule has 0 aromatic carbocycles. The van der Waals surface area contributed by atoms with Gasteiger partial charge in [0.05, 0.1) is 11.8 Å². The molecule has 108 valence electrons. The van der Waals surface area contributed by atoms with E-state index in [2.05, 4.69) is 14.5 Å². The number of carbonyl (C=O) groups is 1. The van der Waals surface area contributed by atoms with E-state index in [1.54, 1.807) is 0 Å². The second kappa shape index (κ2) is 6.00. The molecule has 1 aliphatic carbocycles. The summed E-state index contributed by atoms with van der Waals surface area (Å²) in [7, 11) is -5.13. The van der Waals surface area contributed by atoms with E-state index in [4.69, 9.17) is 0 Å². The molecule has 6 nitrogen and oxygen atoms in total. The van der Waals surface area contributed by atoms with Gasteiger partial charge in [0.25, 0.3) is 5.91 Å². The molecular weight excluding hydrogens is 287 g/mol. The first kappa shape index (κ1) is 14.4. The van der Waals surface area contributed by atoms with E-state index in [9.17, 15) is 17.1 Å². The van der Waals surface area contributed by atoms with Crippen LogP contribution in [0.3, 0.4) is 0 Å². The Kier molecular flexibility index (Phi) is 4.33. The minimum absolute atomic E-state index is 0.0296. The van der Waals surface area contributed by atoms with E-state index in [1.807, 2.05) is 12.2 Å². The first-order valence-corrected chi connectivity index (χ1v) is 7.30. The lowest BCUT2D eigenvalue weighted by molar-refractivity contribution is 0.0934. The Morgan fingerprint density at radius 1 is 1.40 bits per heavy atom. The van der Waals surface area contributed by atoms with Crippen molar-refractivity contribution < 1.29 is 21.3 Å². The summed E-state index contributed by atoms with van der Waals surface area (Å²) >= 11 is 0. The standard InChI is InChI=1S/C12H13FN2O4S/c13-20(17,18)19-11-6-9(7-14-8-11)12(16)15-10-4-2-1-3-5-10/h1-2,6-8,10H,3-5H2,(H,15,16). The smallest absolute Gasteiger partial charge is 0.357 e. The van der Waals surface area contributed by atoms with Crippen molar-refractivity contribution in [3.05, 3.63) is 36.2 Å². The van der Waals surface area contributed by atoms with Gasteiger partial charge < -0.3 is 9.50 Å². The summed E-state index contributed by atoms with van der Waals surface area (Å²) in [6.07, 6.45) is 8.78. The summed E-state index contributed by atoms with van der Waals surface area (Å²) in [5, 5.41) is 2.80. The molecule has 0 saturated heterocycles. The average Bonchev–Trinajstić information content (AvgIpc) is 2.38. The van der Waals surface area contributed by atoms with Crippen molar-refractivity contribution in [2.75, 3.05) is 0 Å². The fourth-order valence-electron chi connectivity index (χ4n) is 1.90. The molecular formula is C12H13FN2O4S. The van der Waals surface area contributed by atoms with Crippen LogP contribution in [0.5, 0.6) is 5.75 Å². The maximum absolute atomic E-state index is 12.4. The average molecular weight is 300 g/mol. The van der Waals surface area contributed by atoms with Crippen LogP contribution in [0, 0.1) is 0 Å². The van der Waals surface area contributed by atoms with Crippen molar-refractivity contribution in [1.82, 2.24) is 10.3 Å². The highest BCUT2D eigenvalue weighted by molar-refractivity contribution is 7.81. The SMILES string of the molecule is O=C(NC1CC=CCC1)c1cncc(OS(=O)(=O)F)c1. The molecule has 8 heteroatoms. The summed E-state index contributed by atoms with van der Waals surface area (Å²) < 4.78 is 37.2. The molecule has 0 radical (unpaired) electrons. The summed E-state index contributed by atoms with van der Waals surface area (Å²) in [6.45, 7) is 0. The number of hydrogen-bond donors (Lipinski definition) is 1. The number of allylic oxidation sites excluding steroid dienone is 1. The predicted octanol–water partition coefficient (Wildman–Crippen LogP) is 1.51. The molecule has 1 amide bonds. The highest BCUT2D eigenvalue weighted by atomic mass is 32.3. The summed E-state index contributed by atoms with van der Waals surface area (Å²) in [6, 6.07) is 1.15. The lowest BCUT2D eigenvalue weighted by Gasteiger charge is -2.19. The first-order chi connectivity index (χ1) is 9.44. The maximum atomic E-state index is 12.4. The molecule has 0 aliphatic heterocycles. The Labute approximate surface area is 116 Å². The normalized spacial score (nSPS) is 18.6. The van der Waals surface area contributed by atoms with E-state index in [1.165, 1.54) is 6.20 Å². The predicted molar refractivity (Wildman–Crippen MR) is 69.1 cm³/mol. The molecule has 1 atom stereocenters. The maximum Gasteiger partial charge on any atom is 0.488 e. The van der Waals surface area contributed by atoms with Crippen molar-refractivity contribution >= 4 is 16.4 Å². The number of halogens is 1. The highest BCUT2D eigenvalue weighted by Gasteiger charge is 2.16. The van der Waals surface area contributed by atoms with Gasteiger partial charge in [-0.15, -0.1) is 0 Å². The quantitative estimate of drug-likeness (QED) is 0.673. The number of nitrogens with one attached hydrogen (secondary N) is 1. The number of rotatable bonds is 4. The van der Waals surface area contributed by atoms with Crippen molar-refractivity contribution in [3.63, 3.8) is 0 Å². The van der Waals surface area contributed by atoms with Crippen LogP contribution in [0.2, 0.25) is 0 Å². The van der Waals surface area contributed by atoms with Gasteiger partial charge in [-0.2, -0.15) is 8.42 Å². The van der Waals surface area contributed by atoms with Gasteiger partial charge in [-0.25, -0.2) is 0 Å². The van der Waals surface area contributed by atoms with Gasteiger partial charge in [-0.05, 0) is 25.3 Å². The molecule has 1 aromatic heterocycles. The third-order valence-corrected chi connectivity index (χ3v) is 3.17. The zero-order valence-corrected chi connectivity index (χ0v) is 11.3. The Hall–Kier alpha value is -1.96. The minimum Gasteiger partial charge on any atom is -0.357 e. The van der Waals surface area contributed by atoms with E-state index >= 15 is 0 Å². The largest absolute Gasteiger partial charge is 0.488 e. The van der Waals surface area contributed by atoms with Crippen LogP contribution in [-0.4, -0.2) is 25.4 Å². The van der Waals surface area contributed by atoms with Gasteiger partial charge in [-0.3, -0.25) is 9.78 Å². The van der Waals surface area contributed by atoms with Crippen LogP contribution in [0.25, 0.3) is 0 Å². The van der Waals surface area contributed by atoms with Crippen molar-refractivity contribution in [3.8, 4) is 5.75 Å². The van der Waals surface area contributed by atoms with Gasteiger partial charge in [-0.1, -0.05) is 16.0 Å². The Balaban J connectivity index is 2.06. The van der Waals surface area contributed by atoms with Crippen molar-refractivity contribution in [2.24, 2.45) is 0 Å². The molecule has 1 heterocycles. The number of pyridine rings is 1. The van der Waals surface area contributed by atoms with Gasteiger partial charge in [0.15, 0.2) is 5.75 Å². The molecule has 0 fully saturated rings. The third kappa shape index (κ3) is 4.30. The molecule has 1 aliphatic rings. The fraction of sp³-hybridized carbons (Fsp3) is 0.333. The van der Waals surface area contributed by atoms with Crippen LogP contribution in [0.1, 0.15) is 29.6 Å². The molecule has 0 spiro atoms. The number of hydrogen-bond acceptors (Lipinski definition) is 5. The summed E-state index contributed by atoms with van der Waals surface area (Å²) in [4.78, 5) is 15.6. The van der Waals surface area contributed by atoms with Gasteiger partial charge in [0.1, 0.15) is 0 Å². The van der Waals surface area contributed by atoms with Crippen molar-refractivity contribution in [1.29, 1.82) is 0 Å². The highest BCUT2D eigenvalue weighted by Crippen LogP contribution is 2.16. The van der Waals surface area contributed by atoms with Crippen LogP contribution >= 0.6 is 0 Å². The number of carbonyl (C=O) groups excluding carboxylic acids is 1. The Morgan fingerprint density at radius 2 is 2.20 bits per heavy atom. The molecule has 1 aromatic rings. The van der Waals surface area contributed by atoms with Gasteiger partial charge in [0.2, 0.25) is 0 Å². The zero-order chi connectivity index (χ0) is 14.6. The number of amides is 1. The zero-order valence-electron chi connectivity index (χ0n) is 10.5. The van der Waals surface area contributed by atoms with Crippen LogP contribution in [0.4, 0.5) is 3.89 Å². The summed E-state index contributed by atoms with van der Waals surface area (Å²) in [5.41, 5.74) is 0.112. The second-order valence-electron chi connectivity index (χ2n) is 4.34. The fourth-order valence-corrected chi connectivity index (χ4v) is 2.22. The Morgan fingerprint density at radius 3 is 2.85 bits per heavy atom. The molecule has 20 heavy (non-hydrogen) atoms. The van der Waals surface area contributed by atoms with Crippen LogP contribution in [-0.2, 0) is 10.5 Å². The lowest BCUT2D eigenvalue weighted by Crippen LogP contribution is -2.35. The minimum atomic E-state index is -5.13. The van der Waals surface area contributed by atoms with E-state index in [-0.39, 0.29) is 17.4 Å². The van der Waals surface area contributed by atoms with E-state index in [0.29, 0.717) is 0 Å². The molecule has 0 bridgehead atoms. The lowest BCUT2D eigenvalue weighted by atomic mass is 10.0. The number of nitrogens with zero attached hydrogens (tertiary/aromatic N) is 1.